The molecule has 1 rings (SSSR count). The first-order chi connectivity index (χ1) is 6.50. The zero-order chi connectivity index (χ0) is 10.8. The van der Waals surface area contributed by atoms with Gasteiger partial charge in [-0.3, -0.25) is 10.1 Å². The predicted octanol–water partition coefficient (Wildman–Crippen LogP) is 0.260. The fourth-order valence-corrected chi connectivity index (χ4v) is 1.51. The van der Waals surface area contributed by atoms with Gasteiger partial charge >= 0.3 is 0 Å². The molecule has 0 saturated carbocycles. The summed E-state index contributed by atoms with van der Waals surface area (Å²) in [6.45, 7) is 1.34. The number of allylic oxidation sites excluding steroid dienone is 2. The van der Waals surface area contributed by atoms with Gasteiger partial charge in [-0.15, -0.1) is 0 Å². The quantitative estimate of drug-likeness (QED) is 0.504. The molecule has 0 spiro atoms. The minimum atomic E-state index is -1.58. The molecule has 14 heavy (non-hydrogen) atoms. The van der Waals surface area contributed by atoms with Crippen molar-refractivity contribution < 1.29 is 15.1 Å². The molecule has 0 aromatic carbocycles. The van der Waals surface area contributed by atoms with Crippen LogP contribution in [0.1, 0.15) is 13.3 Å². The Hall–Kier alpha value is -1.20. The van der Waals surface area contributed by atoms with Crippen LogP contribution in [0.2, 0.25) is 0 Å². The summed E-state index contributed by atoms with van der Waals surface area (Å²) >= 11 is 0. The van der Waals surface area contributed by atoms with Gasteiger partial charge in [-0.05, 0) is 13.0 Å². The summed E-state index contributed by atoms with van der Waals surface area (Å²) in [6, 6.07) is 0. The Balaban J connectivity index is 2.99. The number of aliphatic hydroxyl groups excluding tert-OH is 2. The van der Waals surface area contributed by atoms with E-state index in [1.807, 2.05) is 0 Å². The largest absolute Gasteiger partial charge is 0.390 e. The Morgan fingerprint density at radius 1 is 1.50 bits per heavy atom. The molecule has 5 nitrogen and oxygen atoms in total. The van der Waals surface area contributed by atoms with Gasteiger partial charge in [0.25, 0.3) is 5.54 Å². The molecule has 0 aromatic rings. The van der Waals surface area contributed by atoms with Gasteiger partial charge < -0.3 is 10.2 Å². The Morgan fingerprint density at radius 3 is 2.50 bits per heavy atom. The summed E-state index contributed by atoms with van der Waals surface area (Å²) in [5, 5.41) is 29.6. The molecule has 0 saturated heterocycles. The molecule has 0 bridgehead atoms. The molecule has 3 unspecified atom stereocenters. The highest BCUT2D eigenvalue weighted by molar-refractivity contribution is 5.20. The van der Waals surface area contributed by atoms with Crippen LogP contribution in [0, 0.1) is 10.1 Å². The fourth-order valence-electron chi connectivity index (χ4n) is 1.51. The molecule has 0 radical (unpaired) electrons. The van der Waals surface area contributed by atoms with Crippen molar-refractivity contribution in [3.63, 3.8) is 0 Å². The average molecular weight is 199 g/mol. The van der Waals surface area contributed by atoms with Crippen molar-refractivity contribution in [2.45, 2.75) is 31.1 Å². The zero-order valence-corrected chi connectivity index (χ0v) is 7.83. The van der Waals surface area contributed by atoms with E-state index in [1.165, 1.54) is 19.1 Å². The normalized spacial score (nSPS) is 29.9. The van der Waals surface area contributed by atoms with Crippen LogP contribution in [0.15, 0.2) is 24.3 Å². The summed E-state index contributed by atoms with van der Waals surface area (Å²) < 4.78 is 0. The van der Waals surface area contributed by atoms with Crippen LogP contribution < -0.4 is 0 Å². The first-order valence-corrected chi connectivity index (χ1v) is 4.35. The molecule has 0 fully saturated rings. The van der Waals surface area contributed by atoms with Gasteiger partial charge in [0, 0.05) is 11.3 Å². The van der Waals surface area contributed by atoms with Gasteiger partial charge in [0.05, 0.1) is 6.10 Å². The summed E-state index contributed by atoms with van der Waals surface area (Å²) in [5.74, 6) is 0. The number of hydrogen-bond donors (Lipinski definition) is 2. The molecular formula is C9H13NO4. The van der Waals surface area contributed by atoms with Gasteiger partial charge in [-0.2, -0.15) is 0 Å². The predicted molar refractivity (Wildman–Crippen MR) is 50.3 cm³/mol. The van der Waals surface area contributed by atoms with E-state index < -0.39 is 22.7 Å². The van der Waals surface area contributed by atoms with E-state index in [-0.39, 0.29) is 6.42 Å². The smallest absolute Gasteiger partial charge is 0.271 e. The third-order valence-electron chi connectivity index (χ3n) is 2.39. The van der Waals surface area contributed by atoms with Crippen LogP contribution in [-0.4, -0.2) is 32.9 Å². The molecule has 2 N–H and O–H groups in total. The fraction of sp³-hybridized carbons (Fsp3) is 0.556. The minimum absolute atomic E-state index is 0.0998. The van der Waals surface area contributed by atoms with Gasteiger partial charge in [0.15, 0.2) is 6.10 Å². The lowest BCUT2D eigenvalue weighted by molar-refractivity contribution is -0.569. The second kappa shape index (κ2) is 3.89. The van der Waals surface area contributed by atoms with E-state index in [0.29, 0.717) is 0 Å². The van der Waals surface area contributed by atoms with Crippen molar-refractivity contribution in [1.29, 1.82) is 0 Å². The van der Waals surface area contributed by atoms with Crippen LogP contribution in [-0.2, 0) is 0 Å². The number of nitro groups is 1. The van der Waals surface area contributed by atoms with Crippen molar-refractivity contribution in [3.05, 3.63) is 34.4 Å². The molecule has 0 heterocycles. The van der Waals surface area contributed by atoms with E-state index in [9.17, 15) is 20.3 Å². The van der Waals surface area contributed by atoms with Gasteiger partial charge in [0.1, 0.15) is 0 Å². The maximum atomic E-state index is 10.9. The number of aliphatic hydroxyl groups is 2. The third kappa shape index (κ3) is 1.69. The standard InChI is InChI=1S/C9H13NO4/c1-7(11)8(12)9(10(13)14)5-3-2-4-6-9/h2-5,7-8,11-12H,6H2,1H3. The van der Waals surface area contributed by atoms with Gasteiger partial charge in [-0.1, -0.05) is 18.2 Å². The van der Waals surface area contributed by atoms with E-state index in [1.54, 1.807) is 12.2 Å². The molecule has 3 atom stereocenters. The summed E-state index contributed by atoms with van der Waals surface area (Å²) in [6.07, 6.45) is 3.70. The second-order valence-corrected chi connectivity index (χ2v) is 3.43. The molecule has 0 aliphatic heterocycles. The van der Waals surface area contributed by atoms with Crippen LogP contribution >= 0.6 is 0 Å². The highest BCUT2D eigenvalue weighted by Gasteiger charge is 2.49. The van der Waals surface area contributed by atoms with Crippen molar-refractivity contribution in [1.82, 2.24) is 0 Å². The van der Waals surface area contributed by atoms with Crippen molar-refractivity contribution in [2.75, 3.05) is 0 Å². The summed E-state index contributed by atoms with van der Waals surface area (Å²) in [7, 11) is 0. The summed E-state index contributed by atoms with van der Waals surface area (Å²) in [5.41, 5.74) is -1.58. The van der Waals surface area contributed by atoms with Crippen LogP contribution in [0.5, 0.6) is 0 Å². The average Bonchev–Trinajstić information content (AvgIpc) is 2.17. The second-order valence-electron chi connectivity index (χ2n) is 3.43. The molecular weight excluding hydrogens is 186 g/mol. The number of hydrogen-bond acceptors (Lipinski definition) is 4. The lowest BCUT2D eigenvalue weighted by atomic mass is 9.84. The molecule has 78 valence electrons. The Kier molecular flexibility index (Phi) is 3.03. The van der Waals surface area contributed by atoms with Crippen molar-refractivity contribution in [2.24, 2.45) is 0 Å². The first-order valence-electron chi connectivity index (χ1n) is 4.35. The van der Waals surface area contributed by atoms with Crippen LogP contribution in [0.3, 0.4) is 0 Å². The maximum Gasteiger partial charge on any atom is 0.271 e. The van der Waals surface area contributed by atoms with E-state index >= 15 is 0 Å². The molecule has 0 amide bonds. The Morgan fingerprint density at radius 2 is 2.14 bits per heavy atom. The number of rotatable bonds is 3. The molecule has 0 aromatic heterocycles. The lowest BCUT2D eigenvalue weighted by Gasteiger charge is -2.29. The first kappa shape index (κ1) is 10.9. The van der Waals surface area contributed by atoms with Gasteiger partial charge in [-0.25, -0.2) is 0 Å². The lowest BCUT2D eigenvalue weighted by Crippen LogP contribution is -2.52. The maximum absolute atomic E-state index is 10.9. The van der Waals surface area contributed by atoms with Crippen molar-refractivity contribution >= 4 is 0 Å². The SMILES string of the molecule is CC(O)C(O)C1([N+](=O)[O-])C=CC=CC1. The topological polar surface area (TPSA) is 83.6 Å². The number of nitrogens with zero attached hydrogens (tertiary/aromatic N) is 1. The van der Waals surface area contributed by atoms with Crippen LogP contribution in [0.25, 0.3) is 0 Å². The third-order valence-corrected chi connectivity index (χ3v) is 2.39. The molecule has 1 aliphatic rings. The van der Waals surface area contributed by atoms with E-state index in [0.717, 1.165) is 0 Å². The van der Waals surface area contributed by atoms with Crippen molar-refractivity contribution in [3.8, 4) is 0 Å². The van der Waals surface area contributed by atoms with Crippen LogP contribution in [0.4, 0.5) is 0 Å². The van der Waals surface area contributed by atoms with E-state index in [2.05, 4.69) is 0 Å². The Labute approximate surface area is 81.5 Å². The minimum Gasteiger partial charge on any atom is -0.390 e. The Bertz CT molecular complexity index is 285. The van der Waals surface area contributed by atoms with E-state index in [4.69, 9.17) is 0 Å². The highest BCUT2D eigenvalue weighted by Crippen LogP contribution is 2.27. The van der Waals surface area contributed by atoms with Gasteiger partial charge in [0.2, 0.25) is 0 Å². The molecule has 1 aliphatic carbocycles. The summed E-state index contributed by atoms with van der Waals surface area (Å²) in [4.78, 5) is 10.3. The molecule has 5 heteroatoms. The zero-order valence-electron chi connectivity index (χ0n) is 7.83. The highest BCUT2D eigenvalue weighted by atomic mass is 16.6. The monoisotopic (exact) mass is 199 g/mol.